The van der Waals surface area contributed by atoms with Crippen LogP contribution in [0.2, 0.25) is 0 Å². The standard InChI is InChI=1S/C21H32N4O2S3/c1-14-11-19(21(22-12-14)23-13-18-7-6-9-28-10-8-18)30(26,27)25(5)16(3)20-15(2)24-17(4)29-20/h11-12,16,18H,6-10,13H2,1-5H3,(H,22,23). The van der Waals surface area contributed by atoms with Crippen molar-refractivity contribution in [2.45, 2.75) is 57.9 Å². The quantitative estimate of drug-likeness (QED) is 0.630. The lowest BCUT2D eigenvalue weighted by Gasteiger charge is -2.25. The summed E-state index contributed by atoms with van der Waals surface area (Å²) in [5, 5.41) is 4.30. The SMILES string of the molecule is Cc1cnc(NCC2CCCSCC2)c(S(=O)(=O)N(C)C(C)c2sc(C)nc2C)c1. The molecule has 0 spiro atoms. The van der Waals surface area contributed by atoms with Gasteiger partial charge in [-0.15, -0.1) is 11.3 Å². The number of hydrogen-bond acceptors (Lipinski definition) is 7. The average molecular weight is 469 g/mol. The number of nitrogens with one attached hydrogen (secondary N) is 1. The van der Waals surface area contributed by atoms with Crippen molar-refractivity contribution < 1.29 is 8.42 Å². The van der Waals surface area contributed by atoms with E-state index in [-0.39, 0.29) is 10.9 Å². The van der Waals surface area contributed by atoms with Gasteiger partial charge in [-0.05, 0) is 76.0 Å². The molecule has 0 aromatic carbocycles. The van der Waals surface area contributed by atoms with Crippen molar-refractivity contribution in [1.29, 1.82) is 0 Å². The van der Waals surface area contributed by atoms with Crippen molar-refractivity contribution in [2.75, 3.05) is 30.4 Å². The van der Waals surface area contributed by atoms with Crippen molar-refractivity contribution in [1.82, 2.24) is 14.3 Å². The maximum atomic E-state index is 13.6. The summed E-state index contributed by atoms with van der Waals surface area (Å²) in [6.45, 7) is 8.42. The van der Waals surface area contributed by atoms with Gasteiger partial charge in [-0.3, -0.25) is 0 Å². The second kappa shape index (κ2) is 9.97. The fourth-order valence-corrected chi connectivity index (χ4v) is 7.45. The van der Waals surface area contributed by atoms with E-state index >= 15 is 0 Å². The predicted molar refractivity (Wildman–Crippen MR) is 127 cm³/mol. The molecule has 30 heavy (non-hydrogen) atoms. The topological polar surface area (TPSA) is 75.2 Å². The molecule has 2 aromatic heterocycles. The summed E-state index contributed by atoms with van der Waals surface area (Å²) in [5.41, 5.74) is 1.72. The molecule has 3 heterocycles. The number of rotatable bonds is 7. The van der Waals surface area contributed by atoms with Gasteiger partial charge < -0.3 is 5.32 Å². The van der Waals surface area contributed by atoms with Gasteiger partial charge in [0.15, 0.2) is 0 Å². The fourth-order valence-electron chi connectivity index (χ4n) is 3.75. The van der Waals surface area contributed by atoms with E-state index in [0.717, 1.165) is 34.1 Å². The Morgan fingerprint density at radius 1 is 1.27 bits per heavy atom. The molecule has 0 bridgehead atoms. The summed E-state index contributed by atoms with van der Waals surface area (Å²) in [6, 6.07) is 1.43. The van der Waals surface area contributed by atoms with Gasteiger partial charge in [0.1, 0.15) is 10.7 Å². The highest BCUT2D eigenvalue weighted by Gasteiger charge is 2.31. The molecular weight excluding hydrogens is 436 g/mol. The van der Waals surface area contributed by atoms with Crippen molar-refractivity contribution >= 4 is 38.9 Å². The van der Waals surface area contributed by atoms with Crippen LogP contribution in [0.25, 0.3) is 0 Å². The first-order chi connectivity index (χ1) is 14.2. The summed E-state index contributed by atoms with van der Waals surface area (Å²) in [5.74, 6) is 3.40. The third-order valence-corrected chi connectivity index (χ3v) is 9.93. The molecule has 1 fully saturated rings. The Labute approximate surface area is 189 Å². The molecule has 166 valence electrons. The van der Waals surface area contributed by atoms with Crippen LogP contribution in [0.5, 0.6) is 0 Å². The zero-order valence-electron chi connectivity index (χ0n) is 18.4. The molecule has 2 atom stereocenters. The Balaban J connectivity index is 1.85. The summed E-state index contributed by atoms with van der Waals surface area (Å²) >= 11 is 3.56. The number of nitrogens with zero attached hydrogens (tertiary/aromatic N) is 3. The van der Waals surface area contributed by atoms with Gasteiger partial charge in [-0.25, -0.2) is 18.4 Å². The molecular formula is C21H32N4O2S3. The zero-order valence-corrected chi connectivity index (χ0v) is 20.9. The Morgan fingerprint density at radius 2 is 2.03 bits per heavy atom. The number of pyridine rings is 1. The number of thioether (sulfide) groups is 1. The molecule has 1 aliphatic rings. The number of anilines is 1. The highest BCUT2D eigenvalue weighted by Crippen LogP contribution is 2.33. The normalized spacial score (nSPS) is 18.9. The van der Waals surface area contributed by atoms with E-state index in [2.05, 4.69) is 15.3 Å². The molecule has 1 N–H and O–H groups in total. The van der Waals surface area contributed by atoms with Crippen LogP contribution in [-0.4, -0.2) is 47.8 Å². The van der Waals surface area contributed by atoms with Gasteiger partial charge in [-0.2, -0.15) is 16.1 Å². The lowest BCUT2D eigenvalue weighted by atomic mass is 10.0. The Bertz CT molecular complexity index is 967. The second-order valence-corrected chi connectivity index (χ2v) is 12.5. The maximum absolute atomic E-state index is 13.6. The van der Waals surface area contributed by atoms with Crippen LogP contribution in [0.3, 0.4) is 0 Å². The van der Waals surface area contributed by atoms with Crippen LogP contribution >= 0.6 is 23.1 Å². The summed E-state index contributed by atoms with van der Waals surface area (Å²) in [6.07, 6.45) is 5.28. The van der Waals surface area contributed by atoms with Crippen molar-refractivity contribution in [3.63, 3.8) is 0 Å². The molecule has 6 nitrogen and oxygen atoms in total. The van der Waals surface area contributed by atoms with Gasteiger partial charge >= 0.3 is 0 Å². The second-order valence-electron chi connectivity index (χ2n) is 8.03. The van der Waals surface area contributed by atoms with E-state index in [1.807, 2.05) is 39.5 Å². The van der Waals surface area contributed by atoms with Crippen LogP contribution in [0.15, 0.2) is 17.2 Å². The van der Waals surface area contributed by atoms with Crippen LogP contribution in [0.1, 0.15) is 53.4 Å². The van der Waals surface area contributed by atoms with Gasteiger partial charge in [-0.1, -0.05) is 0 Å². The van der Waals surface area contributed by atoms with Crippen LogP contribution in [0.4, 0.5) is 5.82 Å². The van der Waals surface area contributed by atoms with Crippen LogP contribution in [-0.2, 0) is 10.0 Å². The van der Waals surface area contributed by atoms with Crippen LogP contribution < -0.4 is 5.32 Å². The Hall–Kier alpha value is -1.16. The van der Waals surface area contributed by atoms with Crippen LogP contribution in [0, 0.1) is 26.7 Å². The minimum atomic E-state index is -3.72. The van der Waals surface area contributed by atoms with Crippen molar-refractivity contribution in [3.8, 4) is 0 Å². The lowest BCUT2D eigenvalue weighted by Crippen LogP contribution is -2.31. The smallest absolute Gasteiger partial charge is 0.247 e. The molecule has 2 unspecified atom stereocenters. The van der Waals surface area contributed by atoms with E-state index in [9.17, 15) is 8.42 Å². The molecule has 0 saturated carbocycles. The van der Waals surface area contributed by atoms with E-state index in [4.69, 9.17) is 0 Å². The first-order valence-electron chi connectivity index (χ1n) is 10.4. The fraction of sp³-hybridized carbons (Fsp3) is 0.619. The predicted octanol–water partition coefficient (Wildman–Crippen LogP) is 4.79. The molecule has 1 aliphatic heterocycles. The molecule has 3 rings (SSSR count). The van der Waals surface area contributed by atoms with Crippen molar-refractivity contribution in [2.24, 2.45) is 5.92 Å². The largest absolute Gasteiger partial charge is 0.369 e. The van der Waals surface area contributed by atoms with Gasteiger partial charge in [0.25, 0.3) is 0 Å². The molecule has 1 saturated heterocycles. The molecule has 0 amide bonds. The Morgan fingerprint density at radius 3 is 2.73 bits per heavy atom. The van der Waals surface area contributed by atoms with Gasteiger partial charge in [0.2, 0.25) is 10.0 Å². The summed E-state index contributed by atoms with van der Waals surface area (Å²) in [4.78, 5) is 10.1. The average Bonchev–Trinajstić information content (AvgIpc) is 2.89. The minimum absolute atomic E-state index is 0.249. The highest BCUT2D eigenvalue weighted by atomic mass is 32.2. The molecule has 0 radical (unpaired) electrons. The first-order valence-corrected chi connectivity index (χ1v) is 13.8. The lowest BCUT2D eigenvalue weighted by molar-refractivity contribution is 0.401. The van der Waals surface area contributed by atoms with E-state index in [1.54, 1.807) is 30.6 Å². The minimum Gasteiger partial charge on any atom is -0.369 e. The van der Waals surface area contributed by atoms with Gasteiger partial charge in [0, 0.05) is 24.7 Å². The third kappa shape index (κ3) is 5.36. The first kappa shape index (κ1) is 23.5. The zero-order chi connectivity index (χ0) is 21.9. The number of hydrogen-bond donors (Lipinski definition) is 1. The van der Waals surface area contributed by atoms with E-state index in [1.165, 1.54) is 28.7 Å². The van der Waals surface area contributed by atoms with E-state index < -0.39 is 10.0 Å². The van der Waals surface area contributed by atoms with Crippen molar-refractivity contribution in [3.05, 3.63) is 33.4 Å². The number of sulfonamides is 1. The number of aromatic nitrogens is 2. The Kier molecular flexibility index (Phi) is 7.81. The van der Waals surface area contributed by atoms with E-state index in [0.29, 0.717) is 11.7 Å². The monoisotopic (exact) mass is 468 g/mol. The molecule has 9 heteroatoms. The maximum Gasteiger partial charge on any atom is 0.247 e. The molecule has 0 aliphatic carbocycles. The summed E-state index contributed by atoms with van der Waals surface area (Å²) in [7, 11) is -2.08. The summed E-state index contributed by atoms with van der Waals surface area (Å²) < 4.78 is 28.6. The number of aryl methyl sites for hydroxylation is 3. The number of thiazole rings is 1. The molecule has 2 aromatic rings. The van der Waals surface area contributed by atoms with Gasteiger partial charge in [0.05, 0.1) is 16.7 Å². The third-order valence-electron chi connectivity index (χ3n) is 5.64. The highest BCUT2D eigenvalue weighted by molar-refractivity contribution is 7.99.